The Labute approximate surface area is 219 Å². The fourth-order valence-electron chi connectivity index (χ4n) is 5.08. The number of sulfonamides is 1. The molecule has 0 spiro atoms. The highest BCUT2D eigenvalue weighted by atomic mass is 32.2. The standard InChI is InChI=1S/C28H36N4O4S/c1-28(2,3)26(31-18-23(20-33)32(37(4,35)36)16-15-25(31)34)27-29-24(22-13-9-6-10-14-22)19-30(27)17-21-11-7-5-8-12-21/h5-14,19,23,26,33H,15-18,20H2,1-4H3/t23-,26-/m0/s1. The molecule has 1 amide bonds. The van der Waals surface area contributed by atoms with E-state index in [2.05, 4.69) is 37.5 Å². The Bertz CT molecular complexity index is 1320. The first kappa shape index (κ1) is 27.0. The van der Waals surface area contributed by atoms with Gasteiger partial charge in [-0.05, 0) is 11.0 Å². The number of carbonyl (C=O) groups is 1. The molecule has 4 rings (SSSR count). The molecule has 1 aliphatic rings. The average molecular weight is 525 g/mol. The summed E-state index contributed by atoms with van der Waals surface area (Å²) < 4.78 is 28.2. The quantitative estimate of drug-likeness (QED) is 0.510. The molecular formula is C28H36N4O4S. The topological polar surface area (TPSA) is 95.7 Å². The lowest BCUT2D eigenvalue weighted by Crippen LogP contribution is -2.49. The van der Waals surface area contributed by atoms with Gasteiger partial charge in [0.15, 0.2) is 0 Å². The third kappa shape index (κ3) is 6.11. The van der Waals surface area contributed by atoms with Crippen molar-refractivity contribution in [2.24, 2.45) is 5.41 Å². The van der Waals surface area contributed by atoms with Crippen LogP contribution in [0, 0.1) is 5.41 Å². The summed E-state index contributed by atoms with van der Waals surface area (Å²) in [7, 11) is -3.59. The first-order valence-corrected chi connectivity index (χ1v) is 14.4. The molecule has 0 saturated carbocycles. The van der Waals surface area contributed by atoms with Gasteiger partial charge >= 0.3 is 0 Å². The van der Waals surface area contributed by atoms with Crippen molar-refractivity contribution in [3.63, 3.8) is 0 Å². The van der Waals surface area contributed by atoms with Crippen LogP contribution in [0.15, 0.2) is 66.9 Å². The number of rotatable bonds is 7. The number of amides is 1. The molecule has 0 aliphatic carbocycles. The number of benzene rings is 2. The zero-order chi connectivity index (χ0) is 26.8. The van der Waals surface area contributed by atoms with E-state index in [0.717, 1.165) is 28.9 Å². The lowest BCUT2D eigenvalue weighted by atomic mass is 9.84. The van der Waals surface area contributed by atoms with Crippen LogP contribution in [-0.2, 0) is 21.4 Å². The molecular weight excluding hydrogens is 488 g/mol. The minimum Gasteiger partial charge on any atom is -0.395 e. The van der Waals surface area contributed by atoms with Gasteiger partial charge in [0.05, 0.1) is 30.6 Å². The minimum atomic E-state index is -3.59. The predicted octanol–water partition coefficient (Wildman–Crippen LogP) is 3.54. The van der Waals surface area contributed by atoms with Gasteiger partial charge in [-0.15, -0.1) is 0 Å². The molecule has 0 radical (unpaired) electrons. The van der Waals surface area contributed by atoms with E-state index in [0.29, 0.717) is 6.54 Å². The Balaban J connectivity index is 1.83. The molecule has 2 heterocycles. The number of carbonyl (C=O) groups excluding carboxylic acids is 1. The van der Waals surface area contributed by atoms with E-state index in [1.54, 1.807) is 4.90 Å². The smallest absolute Gasteiger partial charge is 0.224 e. The van der Waals surface area contributed by atoms with Gasteiger partial charge in [0, 0.05) is 37.8 Å². The largest absolute Gasteiger partial charge is 0.395 e. The van der Waals surface area contributed by atoms with Crippen LogP contribution in [0.5, 0.6) is 0 Å². The molecule has 1 N–H and O–H groups in total. The van der Waals surface area contributed by atoms with Gasteiger partial charge in [-0.3, -0.25) is 4.79 Å². The van der Waals surface area contributed by atoms with Gasteiger partial charge in [-0.1, -0.05) is 81.4 Å². The van der Waals surface area contributed by atoms with Crippen LogP contribution in [0.2, 0.25) is 0 Å². The van der Waals surface area contributed by atoms with Crippen LogP contribution < -0.4 is 0 Å². The number of aromatic nitrogens is 2. The summed E-state index contributed by atoms with van der Waals surface area (Å²) in [5, 5.41) is 10.1. The van der Waals surface area contributed by atoms with E-state index in [1.807, 2.05) is 54.7 Å². The third-order valence-corrected chi connectivity index (χ3v) is 8.10. The predicted molar refractivity (Wildman–Crippen MR) is 144 cm³/mol. The molecule has 2 atom stereocenters. The molecule has 9 heteroatoms. The summed E-state index contributed by atoms with van der Waals surface area (Å²) in [6.07, 6.45) is 3.18. The van der Waals surface area contributed by atoms with Crippen LogP contribution in [0.1, 0.15) is 44.6 Å². The molecule has 1 aromatic heterocycles. The van der Waals surface area contributed by atoms with Crippen molar-refractivity contribution in [2.45, 2.75) is 45.8 Å². The second-order valence-electron chi connectivity index (χ2n) is 10.7. The molecule has 1 aliphatic heterocycles. The van der Waals surface area contributed by atoms with E-state index in [1.165, 1.54) is 4.31 Å². The maximum absolute atomic E-state index is 13.5. The number of hydrogen-bond donors (Lipinski definition) is 1. The number of aliphatic hydroxyl groups is 1. The Morgan fingerprint density at radius 2 is 1.68 bits per heavy atom. The molecule has 198 valence electrons. The Morgan fingerprint density at radius 3 is 2.24 bits per heavy atom. The number of nitrogens with zero attached hydrogens (tertiary/aromatic N) is 4. The SMILES string of the molecule is CC(C)(C)[C@H](c1nc(-c2ccccc2)cn1Cc1ccccc1)N1C[C@@H](CO)N(S(C)(=O)=O)CCC1=O. The van der Waals surface area contributed by atoms with Crippen molar-refractivity contribution < 1.29 is 18.3 Å². The van der Waals surface area contributed by atoms with Gasteiger partial charge < -0.3 is 14.6 Å². The van der Waals surface area contributed by atoms with Gasteiger partial charge in [0.25, 0.3) is 0 Å². The van der Waals surface area contributed by atoms with Crippen molar-refractivity contribution in [2.75, 3.05) is 26.0 Å². The number of hydrogen-bond acceptors (Lipinski definition) is 5. The van der Waals surface area contributed by atoms with Crippen LogP contribution >= 0.6 is 0 Å². The summed E-state index contributed by atoms with van der Waals surface area (Å²) in [6.45, 7) is 6.50. The summed E-state index contributed by atoms with van der Waals surface area (Å²) >= 11 is 0. The second kappa shape index (κ2) is 10.8. The summed E-state index contributed by atoms with van der Waals surface area (Å²) in [5.41, 5.74) is 2.46. The summed E-state index contributed by atoms with van der Waals surface area (Å²) in [5.74, 6) is 0.577. The first-order chi connectivity index (χ1) is 17.5. The van der Waals surface area contributed by atoms with Crippen LogP contribution in [0.25, 0.3) is 11.3 Å². The Morgan fingerprint density at radius 1 is 1.05 bits per heavy atom. The summed E-state index contributed by atoms with van der Waals surface area (Å²) in [6, 6.07) is 18.8. The Hall–Kier alpha value is -3.01. The van der Waals surface area contributed by atoms with Gasteiger partial charge in [-0.2, -0.15) is 4.31 Å². The minimum absolute atomic E-state index is 0.0427. The van der Waals surface area contributed by atoms with Crippen molar-refractivity contribution in [1.82, 2.24) is 18.8 Å². The normalized spacial score (nSPS) is 18.6. The zero-order valence-electron chi connectivity index (χ0n) is 21.9. The van der Waals surface area contributed by atoms with Crippen LogP contribution in [0.4, 0.5) is 0 Å². The third-order valence-electron chi connectivity index (χ3n) is 6.77. The first-order valence-electron chi connectivity index (χ1n) is 12.5. The van der Waals surface area contributed by atoms with Crippen LogP contribution in [0.3, 0.4) is 0 Å². The number of imidazole rings is 1. The molecule has 0 bridgehead atoms. The molecule has 8 nitrogen and oxygen atoms in total. The molecule has 37 heavy (non-hydrogen) atoms. The molecule has 0 unspecified atom stereocenters. The highest BCUT2D eigenvalue weighted by Crippen LogP contribution is 2.40. The lowest BCUT2D eigenvalue weighted by Gasteiger charge is -2.40. The monoisotopic (exact) mass is 524 g/mol. The highest BCUT2D eigenvalue weighted by molar-refractivity contribution is 7.88. The maximum Gasteiger partial charge on any atom is 0.224 e. The van der Waals surface area contributed by atoms with E-state index < -0.39 is 27.5 Å². The van der Waals surface area contributed by atoms with E-state index >= 15 is 0 Å². The van der Waals surface area contributed by atoms with Crippen molar-refractivity contribution in [3.05, 3.63) is 78.2 Å². The fourth-order valence-corrected chi connectivity index (χ4v) is 6.18. The fraction of sp³-hybridized carbons (Fsp3) is 0.429. The zero-order valence-corrected chi connectivity index (χ0v) is 22.7. The van der Waals surface area contributed by atoms with Crippen LogP contribution in [-0.4, -0.2) is 70.2 Å². The molecule has 2 aromatic carbocycles. The lowest BCUT2D eigenvalue weighted by molar-refractivity contribution is -0.136. The Kier molecular flexibility index (Phi) is 7.87. The van der Waals surface area contributed by atoms with Gasteiger partial charge in [0.2, 0.25) is 15.9 Å². The summed E-state index contributed by atoms with van der Waals surface area (Å²) in [4.78, 5) is 20.3. The van der Waals surface area contributed by atoms with E-state index in [9.17, 15) is 18.3 Å². The number of aliphatic hydroxyl groups excluding tert-OH is 1. The highest BCUT2D eigenvalue weighted by Gasteiger charge is 2.42. The van der Waals surface area contributed by atoms with Gasteiger partial charge in [0.1, 0.15) is 5.82 Å². The molecule has 1 fully saturated rings. The molecule has 1 saturated heterocycles. The van der Waals surface area contributed by atoms with E-state index in [4.69, 9.17) is 4.98 Å². The molecule has 3 aromatic rings. The van der Waals surface area contributed by atoms with E-state index in [-0.39, 0.29) is 32.0 Å². The average Bonchev–Trinajstić information content (AvgIpc) is 3.16. The van der Waals surface area contributed by atoms with Gasteiger partial charge in [-0.25, -0.2) is 13.4 Å². The van der Waals surface area contributed by atoms with Crippen molar-refractivity contribution in [1.29, 1.82) is 0 Å². The van der Waals surface area contributed by atoms with Crippen molar-refractivity contribution in [3.8, 4) is 11.3 Å². The van der Waals surface area contributed by atoms with Crippen molar-refractivity contribution >= 4 is 15.9 Å². The second-order valence-corrected chi connectivity index (χ2v) is 12.7. The maximum atomic E-state index is 13.5.